The van der Waals surface area contributed by atoms with E-state index in [0.29, 0.717) is 5.56 Å². The van der Waals surface area contributed by atoms with Crippen molar-refractivity contribution in [2.75, 3.05) is 0 Å². The number of fused-ring (bicyclic) bond motifs is 2. The van der Waals surface area contributed by atoms with Crippen molar-refractivity contribution in [2.45, 2.75) is 19.8 Å². The zero-order chi connectivity index (χ0) is 14.1. The zero-order valence-corrected chi connectivity index (χ0v) is 11.4. The molecule has 3 aromatic carbocycles. The average Bonchev–Trinajstić information content (AvgIpc) is 2.45. The molecule has 0 fully saturated rings. The standard InChI is InChI=1S/C18H16O2/c1-2-6-12-8-5-9-14-11-13-7-3-4-10-15(13)17(16(12)14)18(19)20/h3-5,7-11H,2,6H2,1H3,(H,19,20). The summed E-state index contributed by atoms with van der Waals surface area (Å²) in [6.45, 7) is 2.11. The van der Waals surface area contributed by atoms with Crippen LogP contribution in [0.1, 0.15) is 29.3 Å². The summed E-state index contributed by atoms with van der Waals surface area (Å²) in [5.74, 6) is -0.852. The molecule has 0 unspecified atom stereocenters. The molecule has 0 radical (unpaired) electrons. The molecule has 20 heavy (non-hydrogen) atoms. The van der Waals surface area contributed by atoms with Crippen LogP contribution in [0.5, 0.6) is 0 Å². The Bertz CT molecular complexity index is 803. The summed E-state index contributed by atoms with van der Waals surface area (Å²) in [7, 11) is 0. The van der Waals surface area contributed by atoms with Crippen LogP contribution in [0.25, 0.3) is 21.5 Å². The van der Waals surface area contributed by atoms with Gasteiger partial charge in [0.05, 0.1) is 5.56 Å². The van der Waals surface area contributed by atoms with Gasteiger partial charge in [0, 0.05) is 5.39 Å². The number of hydrogen-bond donors (Lipinski definition) is 1. The summed E-state index contributed by atoms with van der Waals surface area (Å²) in [6, 6.07) is 15.8. The third-order valence-electron chi connectivity index (χ3n) is 3.71. The van der Waals surface area contributed by atoms with Gasteiger partial charge in [-0.3, -0.25) is 0 Å². The minimum atomic E-state index is -0.852. The van der Waals surface area contributed by atoms with Crippen molar-refractivity contribution < 1.29 is 9.90 Å². The van der Waals surface area contributed by atoms with Crippen molar-refractivity contribution in [1.29, 1.82) is 0 Å². The van der Waals surface area contributed by atoms with Crippen molar-refractivity contribution in [3.05, 3.63) is 59.7 Å². The van der Waals surface area contributed by atoms with E-state index >= 15 is 0 Å². The number of carbonyl (C=O) groups is 1. The Hall–Kier alpha value is -2.35. The zero-order valence-electron chi connectivity index (χ0n) is 11.4. The SMILES string of the molecule is CCCc1cccc2cc3ccccc3c(C(=O)O)c12. The minimum Gasteiger partial charge on any atom is -0.478 e. The molecule has 0 saturated heterocycles. The van der Waals surface area contributed by atoms with E-state index in [9.17, 15) is 9.90 Å². The lowest BCUT2D eigenvalue weighted by Crippen LogP contribution is -2.01. The first-order chi connectivity index (χ1) is 9.72. The Morgan fingerprint density at radius 3 is 2.55 bits per heavy atom. The van der Waals surface area contributed by atoms with Gasteiger partial charge >= 0.3 is 5.97 Å². The molecular formula is C18H16O2. The summed E-state index contributed by atoms with van der Waals surface area (Å²) >= 11 is 0. The van der Waals surface area contributed by atoms with Crippen molar-refractivity contribution in [1.82, 2.24) is 0 Å². The van der Waals surface area contributed by atoms with Crippen molar-refractivity contribution >= 4 is 27.5 Å². The molecule has 2 nitrogen and oxygen atoms in total. The molecule has 2 heteroatoms. The molecule has 0 amide bonds. The highest BCUT2D eigenvalue weighted by molar-refractivity contribution is 6.16. The molecule has 0 aliphatic carbocycles. The smallest absolute Gasteiger partial charge is 0.336 e. The fourth-order valence-electron chi connectivity index (χ4n) is 2.90. The van der Waals surface area contributed by atoms with Gasteiger partial charge in [0.1, 0.15) is 0 Å². The maximum Gasteiger partial charge on any atom is 0.336 e. The predicted octanol–water partition coefficient (Wildman–Crippen LogP) is 4.64. The van der Waals surface area contributed by atoms with E-state index in [1.807, 2.05) is 42.5 Å². The van der Waals surface area contributed by atoms with Crippen LogP contribution in [0.2, 0.25) is 0 Å². The minimum absolute atomic E-state index is 0.433. The number of rotatable bonds is 3. The van der Waals surface area contributed by atoms with Gasteiger partial charge in [0.15, 0.2) is 0 Å². The molecule has 0 atom stereocenters. The molecule has 0 spiro atoms. The molecule has 100 valence electrons. The van der Waals surface area contributed by atoms with E-state index in [1.54, 1.807) is 0 Å². The second-order valence-electron chi connectivity index (χ2n) is 5.04. The van der Waals surface area contributed by atoms with Gasteiger partial charge in [-0.05, 0) is 34.2 Å². The Kier molecular flexibility index (Phi) is 3.15. The Morgan fingerprint density at radius 2 is 1.80 bits per heavy atom. The lowest BCUT2D eigenvalue weighted by molar-refractivity contribution is 0.0701. The van der Waals surface area contributed by atoms with Gasteiger partial charge < -0.3 is 5.11 Å². The second-order valence-corrected chi connectivity index (χ2v) is 5.04. The van der Waals surface area contributed by atoms with Gasteiger partial charge in [-0.2, -0.15) is 0 Å². The number of aromatic carboxylic acids is 1. The van der Waals surface area contributed by atoms with Gasteiger partial charge in [-0.25, -0.2) is 4.79 Å². The highest BCUT2D eigenvalue weighted by Crippen LogP contribution is 2.31. The molecule has 0 heterocycles. The van der Waals surface area contributed by atoms with Crippen molar-refractivity contribution in [2.24, 2.45) is 0 Å². The van der Waals surface area contributed by atoms with Crippen molar-refractivity contribution in [3.63, 3.8) is 0 Å². The number of aryl methyl sites for hydroxylation is 1. The van der Waals surface area contributed by atoms with Gasteiger partial charge in [0.25, 0.3) is 0 Å². The van der Waals surface area contributed by atoms with Crippen LogP contribution in [0, 0.1) is 0 Å². The molecule has 3 aromatic rings. The fraction of sp³-hybridized carbons (Fsp3) is 0.167. The van der Waals surface area contributed by atoms with Crippen LogP contribution in [0.3, 0.4) is 0 Å². The largest absolute Gasteiger partial charge is 0.478 e. The lowest BCUT2D eigenvalue weighted by atomic mass is 9.92. The van der Waals surface area contributed by atoms with Crippen LogP contribution in [0.4, 0.5) is 0 Å². The molecule has 0 bridgehead atoms. The molecular weight excluding hydrogens is 248 g/mol. The number of carboxylic acid groups (broad SMARTS) is 1. The highest BCUT2D eigenvalue weighted by Gasteiger charge is 2.16. The lowest BCUT2D eigenvalue weighted by Gasteiger charge is -2.12. The maximum atomic E-state index is 11.8. The maximum absolute atomic E-state index is 11.8. The molecule has 0 saturated carbocycles. The quantitative estimate of drug-likeness (QED) is 0.699. The molecule has 1 N–H and O–H groups in total. The first-order valence-electron chi connectivity index (χ1n) is 6.89. The summed E-state index contributed by atoms with van der Waals surface area (Å²) in [5.41, 5.74) is 1.55. The van der Waals surface area contributed by atoms with E-state index in [-0.39, 0.29) is 0 Å². The van der Waals surface area contributed by atoms with E-state index in [0.717, 1.165) is 39.9 Å². The fourth-order valence-corrected chi connectivity index (χ4v) is 2.90. The van der Waals surface area contributed by atoms with E-state index in [2.05, 4.69) is 13.0 Å². The van der Waals surface area contributed by atoms with Gasteiger partial charge in [0.2, 0.25) is 0 Å². The topological polar surface area (TPSA) is 37.3 Å². The summed E-state index contributed by atoms with van der Waals surface area (Å²) in [5, 5.41) is 13.4. The number of carboxylic acids is 1. The van der Waals surface area contributed by atoms with Crippen LogP contribution in [-0.2, 0) is 6.42 Å². The third kappa shape index (κ3) is 1.94. The van der Waals surface area contributed by atoms with Gasteiger partial charge in [-0.1, -0.05) is 55.8 Å². The van der Waals surface area contributed by atoms with E-state index in [1.165, 1.54) is 0 Å². The average molecular weight is 264 g/mol. The Labute approximate surface area is 117 Å². The van der Waals surface area contributed by atoms with Crippen molar-refractivity contribution in [3.8, 4) is 0 Å². The first-order valence-corrected chi connectivity index (χ1v) is 6.89. The summed E-state index contributed by atoms with van der Waals surface area (Å²) in [4.78, 5) is 11.8. The Morgan fingerprint density at radius 1 is 1.05 bits per heavy atom. The Balaban J connectivity index is 2.52. The number of hydrogen-bond acceptors (Lipinski definition) is 1. The molecule has 0 aliphatic heterocycles. The monoisotopic (exact) mass is 264 g/mol. The normalized spacial score (nSPS) is 11.1. The highest BCUT2D eigenvalue weighted by atomic mass is 16.4. The van der Waals surface area contributed by atoms with Crippen LogP contribution < -0.4 is 0 Å². The van der Waals surface area contributed by atoms with E-state index < -0.39 is 5.97 Å². The second kappa shape index (κ2) is 4.97. The first kappa shape index (κ1) is 12.7. The number of benzene rings is 3. The molecule has 0 aliphatic rings. The van der Waals surface area contributed by atoms with Gasteiger partial charge in [-0.15, -0.1) is 0 Å². The van der Waals surface area contributed by atoms with Crippen LogP contribution in [-0.4, -0.2) is 11.1 Å². The summed E-state index contributed by atoms with van der Waals surface area (Å²) in [6.07, 6.45) is 1.90. The van der Waals surface area contributed by atoms with Crippen LogP contribution >= 0.6 is 0 Å². The molecule has 0 aromatic heterocycles. The summed E-state index contributed by atoms with van der Waals surface area (Å²) < 4.78 is 0. The predicted molar refractivity (Wildman–Crippen MR) is 82.4 cm³/mol. The van der Waals surface area contributed by atoms with Crippen LogP contribution in [0.15, 0.2) is 48.5 Å². The van der Waals surface area contributed by atoms with E-state index in [4.69, 9.17) is 0 Å². The molecule has 3 rings (SSSR count). The third-order valence-corrected chi connectivity index (χ3v) is 3.71.